The average molecular weight is 312 g/mol. The second-order valence-corrected chi connectivity index (χ2v) is 6.19. The maximum absolute atomic E-state index is 5.36. The molecule has 3 rings (SSSR count). The summed E-state index contributed by atoms with van der Waals surface area (Å²) in [7, 11) is 5.62. The molecule has 0 N–H and O–H groups in total. The Morgan fingerprint density at radius 3 is 2.74 bits per heavy atom. The largest absolute Gasteiger partial charge is 0.497 e. The molecule has 2 aromatic rings. The van der Waals surface area contributed by atoms with E-state index in [-0.39, 0.29) is 0 Å². The number of rotatable bonds is 5. The summed E-state index contributed by atoms with van der Waals surface area (Å²) in [5.74, 6) is 1.67. The molecule has 122 valence electrons. The van der Waals surface area contributed by atoms with Gasteiger partial charge in [0.05, 0.1) is 7.11 Å². The van der Waals surface area contributed by atoms with Gasteiger partial charge < -0.3 is 9.64 Å². The molecule has 2 heterocycles. The molecule has 0 spiro atoms. The first-order valence-electron chi connectivity index (χ1n) is 8.03. The van der Waals surface area contributed by atoms with E-state index in [1.165, 1.54) is 18.4 Å². The summed E-state index contributed by atoms with van der Waals surface area (Å²) in [6, 6.07) is 8.85. The van der Waals surface area contributed by atoms with E-state index < -0.39 is 0 Å². The van der Waals surface area contributed by atoms with Crippen molar-refractivity contribution in [1.82, 2.24) is 14.9 Å². The Balaban J connectivity index is 1.73. The van der Waals surface area contributed by atoms with Gasteiger partial charge in [-0.25, -0.2) is 9.97 Å². The summed E-state index contributed by atoms with van der Waals surface area (Å²) < 4.78 is 5.36. The SMILES string of the molecule is COc1cccc(C2CCCN2Cc2cnc(N(C)C)nc2)c1. The Morgan fingerprint density at radius 1 is 1.26 bits per heavy atom. The van der Waals surface area contributed by atoms with Crippen molar-refractivity contribution in [3.63, 3.8) is 0 Å². The molecule has 5 nitrogen and oxygen atoms in total. The van der Waals surface area contributed by atoms with Crippen molar-refractivity contribution in [1.29, 1.82) is 0 Å². The monoisotopic (exact) mass is 312 g/mol. The second kappa shape index (κ2) is 6.96. The Kier molecular flexibility index (Phi) is 4.76. The standard InChI is InChI=1S/C18H24N4O/c1-21(2)18-19-11-14(12-20-18)13-22-9-5-8-17(22)15-6-4-7-16(10-15)23-3/h4,6-7,10-12,17H,5,8-9,13H2,1-3H3. The highest BCUT2D eigenvalue weighted by Crippen LogP contribution is 2.34. The van der Waals surface area contributed by atoms with E-state index in [1.54, 1.807) is 7.11 Å². The number of likely N-dealkylation sites (tertiary alicyclic amines) is 1. The number of ether oxygens (including phenoxy) is 1. The quantitative estimate of drug-likeness (QED) is 0.849. The molecule has 1 unspecified atom stereocenters. The van der Waals surface area contributed by atoms with Gasteiger partial charge in [0, 0.05) is 44.6 Å². The fourth-order valence-corrected chi connectivity index (χ4v) is 3.14. The van der Waals surface area contributed by atoms with E-state index >= 15 is 0 Å². The Labute approximate surface area is 137 Å². The predicted molar refractivity (Wildman–Crippen MR) is 91.7 cm³/mol. The molecule has 1 aromatic heterocycles. The molecule has 0 bridgehead atoms. The van der Waals surface area contributed by atoms with Crippen molar-refractivity contribution < 1.29 is 4.74 Å². The average Bonchev–Trinajstić information content (AvgIpc) is 3.03. The van der Waals surface area contributed by atoms with Crippen molar-refractivity contribution in [2.75, 3.05) is 32.6 Å². The first-order chi connectivity index (χ1) is 11.2. The number of aromatic nitrogens is 2. The molecule has 1 atom stereocenters. The number of benzene rings is 1. The van der Waals surface area contributed by atoms with Crippen LogP contribution in [0.2, 0.25) is 0 Å². The van der Waals surface area contributed by atoms with Crippen LogP contribution in [0.4, 0.5) is 5.95 Å². The highest BCUT2D eigenvalue weighted by atomic mass is 16.5. The molecule has 0 saturated carbocycles. The van der Waals surface area contributed by atoms with E-state index in [0.717, 1.165) is 30.4 Å². The van der Waals surface area contributed by atoms with E-state index in [9.17, 15) is 0 Å². The maximum atomic E-state index is 5.36. The minimum atomic E-state index is 0.443. The molecule has 23 heavy (non-hydrogen) atoms. The normalized spacial score (nSPS) is 18.1. The van der Waals surface area contributed by atoms with E-state index in [4.69, 9.17) is 4.74 Å². The summed E-state index contributed by atoms with van der Waals surface area (Å²) in [6.07, 6.45) is 6.27. The van der Waals surface area contributed by atoms with Gasteiger partial charge in [0.15, 0.2) is 0 Å². The first-order valence-corrected chi connectivity index (χ1v) is 8.03. The summed E-state index contributed by atoms with van der Waals surface area (Å²) >= 11 is 0. The lowest BCUT2D eigenvalue weighted by atomic mass is 10.0. The molecule has 1 fully saturated rings. The molecule has 1 aliphatic rings. The third-order valence-corrected chi connectivity index (χ3v) is 4.32. The number of nitrogens with zero attached hydrogens (tertiary/aromatic N) is 4. The van der Waals surface area contributed by atoms with Crippen LogP contribution in [-0.2, 0) is 6.54 Å². The molecule has 1 aliphatic heterocycles. The molecule has 1 saturated heterocycles. The molecular formula is C18H24N4O. The zero-order valence-electron chi connectivity index (χ0n) is 14.1. The van der Waals surface area contributed by atoms with Gasteiger partial charge in [-0.05, 0) is 37.1 Å². The fraction of sp³-hybridized carbons (Fsp3) is 0.444. The van der Waals surface area contributed by atoms with Crippen LogP contribution in [0.3, 0.4) is 0 Å². The van der Waals surface area contributed by atoms with Crippen molar-refractivity contribution in [3.8, 4) is 5.75 Å². The lowest BCUT2D eigenvalue weighted by molar-refractivity contribution is 0.247. The summed E-state index contributed by atoms with van der Waals surface area (Å²) in [6.45, 7) is 1.99. The molecular weight excluding hydrogens is 288 g/mol. The molecule has 0 amide bonds. The molecule has 0 radical (unpaired) electrons. The van der Waals surface area contributed by atoms with Crippen LogP contribution in [0.15, 0.2) is 36.7 Å². The van der Waals surface area contributed by atoms with Crippen LogP contribution in [0.1, 0.15) is 30.0 Å². The lowest BCUT2D eigenvalue weighted by Crippen LogP contribution is -2.23. The first kappa shape index (κ1) is 15.7. The number of methoxy groups -OCH3 is 1. The minimum absolute atomic E-state index is 0.443. The van der Waals surface area contributed by atoms with Crippen LogP contribution in [0.25, 0.3) is 0 Å². The van der Waals surface area contributed by atoms with E-state index in [1.807, 2.05) is 37.5 Å². The topological polar surface area (TPSA) is 41.5 Å². The summed E-state index contributed by atoms with van der Waals surface area (Å²) in [5.41, 5.74) is 2.48. The van der Waals surface area contributed by atoms with Crippen LogP contribution >= 0.6 is 0 Å². The van der Waals surface area contributed by atoms with Crippen LogP contribution < -0.4 is 9.64 Å². The van der Waals surface area contributed by atoms with Gasteiger partial charge in [0.2, 0.25) is 5.95 Å². The van der Waals surface area contributed by atoms with Gasteiger partial charge >= 0.3 is 0 Å². The van der Waals surface area contributed by atoms with Gasteiger partial charge in [-0.15, -0.1) is 0 Å². The highest BCUT2D eigenvalue weighted by molar-refractivity contribution is 5.31. The van der Waals surface area contributed by atoms with Gasteiger partial charge in [0.1, 0.15) is 5.75 Å². The lowest BCUT2D eigenvalue weighted by Gasteiger charge is -2.25. The Morgan fingerprint density at radius 2 is 2.04 bits per heavy atom. The van der Waals surface area contributed by atoms with Gasteiger partial charge in [0.25, 0.3) is 0 Å². The van der Waals surface area contributed by atoms with Gasteiger partial charge in [-0.3, -0.25) is 4.90 Å². The van der Waals surface area contributed by atoms with E-state index in [0.29, 0.717) is 6.04 Å². The van der Waals surface area contributed by atoms with Gasteiger partial charge in [-0.1, -0.05) is 12.1 Å². The van der Waals surface area contributed by atoms with Crippen molar-refractivity contribution in [2.45, 2.75) is 25.4 Å². The zero-order chi connectivity index (χ0) is 16.2. The highest BCUT2D eigenvalue weighted by Gasteiger charge is 2.26. The predicted octanol–water partition coefficient (Wildman–Crippen LogP) is 2.89. The van der Waals surface area contributed by atoms with Gasteiger partial charge in [-0.2, -0.15) is 0 Å². The molecule has 1 aromatic carbocycles. The minimum Gasteiger partial charge on any atom is -0.497 e. The third-order valence-electron chi connectivity index (χ3n) is 4.32. The molecule has 0 aliphatic carbocycles. The number of hydrogen-bond donors (Lipinski definition) is 0. The fourth-order valence-electron chi connectivity index (χ4n) is 3.14. The van der Waals surface area contributed by atoms with Crippen LogP contribution in [0, 0.1) is 0 Å². The smallest absolute Gasteiger partial charge is 0.224 e. The van der Waals surface area contributed by atoms with Crippen molar-refractivity contribution in [3.05, 3.63) is 47.8 Å². The van der Waals surface area contributed by atoms with Crippen LogP contribution in [-0.4, -0.2) is 42.6 Å². The number of anilines is 1. The van der Waals surface area contributed by atoms with E-state index in [2.05, 4.69) is 33.1 Å². The molecule has 5 heteroatoms. The third kappa shape index (κ3) is 3.62. The Bertz CT molecular complexity index is 642. The maximum Gasteiger partial charge on any atom is 0.224 e. The zero-order valence-corrected chi connectivity index (χ0v) is 14.1. The Hall–Kier alpha value is -2.14. The number of hydrogen-bond acceptors (Lipinski definition) is 5. The van der Waals surface area contributed by atoms with Crippen molar-refractivity contribution in [2.24, 2.45) is 0 Å². The summed E-state index contributed by atoms with van der Waals surface area (Å²) in [4.78, 5) is 13.2. The summed E-state index contributed by atoms with van der Waals surface area (Å²) in [5, 5.41) is 0. The van der Waals surface area contributed by atoms with Crippen LogP contribution in [0.5, 0.6) is 5.75 Å². The van der Waals surface area contributed by atoms with Crippen molar-refractivity contribution >= 4 is 5.95 Å². The second-order valence-electron chi connectivity index (χ2n) is 6.19.